The fraction of sp³-hybridized carbons (Fsp3) is 0.364. The number of hydrogen-bond acceptors (Lipinski definition) is 2. The van der Waals surface area contributed by atoms with E-state index in [9.17, 15) is 4.79 Å². The first-order valence-electron chi connectivity index (χ1n) is 4.66. The molecule has 1 atom stereocenters. The molecule has 0 aliphatic heterocycles. The molecule has 1 aromatic rings. The highest BCUT2D eigenvalue weighted by Crippen LogP contribution is 2.14. The molecule has 0 heterocycles. The van der Waals surface area contributed by atoms with Gasteiger partial charge in [0.05, 0.1) is 0 Å². The second-order valence-electron chi connectivity index (χ2n) is 3.23. The molecule has 3 nitrogen and oxygen atoms in total. The second-order valence-corrected chi connectivity index (χ2v) is 3.23. The van der Waals surface area contributed by atoms with E-state index < -0.39 is 12.0 Å². The number of nitrogens with two attached hydrogens (primary N) is 1. The van der Waals surface area contributed by atoms with Gasteiger partial charge in [0.1, 0.15) is 5.75 Å². The minimum Gasteiger partial charge on any atom is -0.481 e. The molecule has 0 saturated carbocycles. The summed E-state index contributed by atoms with van der Waals surface area (Å²) in [5.41, 5.74) is 6.32. The van der Waals surface area contributed by atoms with Crippen LogP contribution in [0.1, 0.15) is 18.9 Å². The zero-order chi connectivity index (χ0) is 10.6. The number of hydrogen-bond donors (Lipinski definition) is 1. The van der Waals surface area contributed by atoms with E-state index in [4.69, 9.17) is 10.5 Å². The fourth-order valence-electron chi connectivity index (χ4n) is 1.12. The SMILES string of the molecule is CC[C@@H](Oc1ccc(C)cc1)C(N)=O. The van der Waals surface area contributed by atoms with E-state index in [1.165, 1.54) is 0 Å². The molecule has 0 aliphatic rings. The number of amides is 1. The number of rotatable bonds is 4. The standard InChI is InChI=1S/C11H15NO2/c1-3-10(11(12)13)14-9-6-4-8(2)5-7-9/h4-7,10H,3H2,1-2H3,(H2,12,13)/t10-/m1/s1. The van der Waals surface area contributed by atoms with E-state index >= 15 is 0 Å². The summed E-state index contributed by atoms with van der Waals surface area (Å²) in [5, 5.41) is 0. The maximum atomic E-state index is 10.9. The maximum absolute atomic E-state index is 10.9. The van der Waals surface area contributed by atoms with Crippen molar-refractivity contribution in [1.82, 2.24) is 0 Å². The first kappa shape index (κ1) is 10.6. The van der Waals surface area contributed by atoms with Gasteiger partial charge in [-0.3, -0.25) is 4.79 Å². The molecule has 1 amide bonds. The third-order valence-electron chi connectivity index (χ3n) is 1.99. The predicted molar refractivity (Wildman–Crippen MR) is 55.1 cm³/mol. The van der Waals surface area contributed by atoms with Gasteiger partial charge in [0.25, 0.3) is 5.91 Å². The van der Waals surface area contributed by atoms with E-state index in [1.54, 1.807) is 0 Å². The third-order valence-corrected chi connectivity index (χ3v) is 1.99. The molecule has 0 unspecified atom stereocenters. The lowest BCUT2D eigenvalue weighted by atomic mass is 10.2. The van der Waals surface area contributed by atoms with Gasteiger partial charge in [-0.1, -0.05) is 24.6 Å². The zero-order valence-corrected chi connectivity index (χ0v) is 8.49. The lowest BCUT2D eigenvalue weighted by molar-refractivity contribution is -0.124. The molecule has 0 bridgehead atoms. The first-order valence-corrected chi connectivity index (χ1v) is 4.66. The lowest BCUT2D eigenvalue weighted by Crippen LogP contribution is -2.32. The van der Waals surface area contributed by atoms with Crippen molar-refractivity contribution in [3.05, 3.63) is 29.8 Å². The minimum atomic E-state index is -0.530. The number of aryl methyl sites for hydroxylation is 1. The van der Waals surface area contributed by atoms with Gasteiger partial charge in [-0.2, -0.15) is 0 Å². The molecule has 0 fully saturated rings. The Labute approximate surface area is 83.9 Å². The average molecular weight is 193 g/mol. The van der Waals surface area contributed by atoms with E-state index in [-0.39, 0.29) is 0 Å². The van der Waals surface area contributed by atoms with Crippen LogP contribution in [0.15, 0.2) is 24.3 Å². The van der Waals surface area contributed by atoms with Crippen LogP contribution in [0.2, 0.25) is 0 Å². The molecule has 1 rings (SSSR count). The highest BCUT2D eigenvalue weighted by atomic mass is 16.5. The van der Waals surface area contributed by atoms with Gasteiger partial charge in [0, 0.05) is 0 Å². The summed E-state index contributed by atoms with van der Waals surface area (Å²) in [7, 11) is 0. The Kier molecular flexibility index (Phi) is 3.51. The number of ether oxygens (including phenoxy) is 1. The van der Waals surface area contributed by atoms with Crippen LogP contribution in [0.5, 0.6) is 5.75 Å². The monoisotopic (exact) mass is 193 g/mol. The summed E-state index contributed by atoms with van der Waals surface area (Å²) < 4.78 is 5.41. The normalized spacial score (nSPS) is 12.1. The summed E-state index contributed by atoms with van der Waals surface area (Å²) in [6, 6.07) is 7.54. The van der Waals surface area contributed by atoms with Crippen LogP contribution in [0.25, 0.3) is 0 Å². The van der Waals surface area contributed by atoms with E-state index in [0.29, 0.717) is 12.2 Å². The van der Waals surface area contributed by atoms with E-state index in [2.05, 4.69) is 0 Å². The molecule has 3 heteroatoms. The van der Waals surface area contributed by atoms with Crippen molar-refractivity contribution in [2.75, 3.05) is 0 Å². The Bertz CT molecular complexity index is 306. The summed E-state index contributed by atoms with van der Waals surface area (Å²) in [6.07, 6.45) is 0.0566. The fourth-order valence-corrected chi connectivity index (χ4v) is 1.12. The molecular weight excluding hydrogens is 178 g/mol. The summed E-state index contributed by atoms with van der Waals surface area (Å²) in [4.78, 5) is 10.9. The Morgan fingerprint density at radius 1 is 1.43 bits per heavy atom. The third kappa shape index (κ3) is 2.76. The van der Waals surface area contributed by atoms with E-state index in [0.717, 1.165) is 5.56 Å². The minimum absolute atomic E-state index is 0.423. The van der Waals surface area contributed by atoms with Crippen molar-refractivity contribution in [2.45, 2.75) is 26.4 Å². The molecule has 1 aromatic carbocycles. The van der Waals surface area contributed by atoms with Crippen molar-refractivity contribution < 1.29 is 9.53 Å². The quantitative estimate of drug-likeness (QED) is 0.790. The summed E-state index contributed by atoms with van der Waals surface area (Å²) >= 11 is 0. The van der Waals surface area contributed by atoms with Crippen molar-refractivity contribution in [2.24, 2.45) is 5.73 Å². The number of primary amides is 1. The van der Waals surface area contributed by atoms with Crippen molar-refractivity contribution in [1.29, 1.82) is 0 Å². The van der Waals surface area contributed by atoms with E-state index in [1.807, 2.05) is 38.1 Å². The van der Waals surface area contributed by atoms with Gasteiger partial charge in [0.15, 0.2) is 6.10 Å². The molecule has 0 radical (unpaired) electrons. The molecule has 76 valence electrons. The van der Waals surface area contributed by atoms with Crippen LogP contribution in [-0.4, -0.2) is 12.0 Å². The van der Waals surface area contributed by atoms with Gasteiger partial charge in [-0.25, -0.2) is 0 Å². The van der Waals surface area contributed by atoms with Crippen molar-refractivity contribution in [3.63, 3.8) is 0 Å². The average Bonchev–Trinajstić information content (AvgIpc) is 2.16. The predicted octanol–water partition coefficient (Wildman–Crippen LogP) is 1.64. The van der Waals surface area contributed by atoms with Gasteiger partial charge in [-0.15, -0.1) is 0 Å². The highest BCUT2D eigenvalue weighted by Gasteiger charge is 2.13. The molecule has 14 heavy (non-hydrogen) atoms. The smallest absolute Gasteiger partial charge is 0.258 e. The number of carbonyl (C=O) groups is 1. The summed E-state index contributed by atoms with van der Waals surface area (Å²) in [6.45, 7) is 3.86. The Morgan fingerprint density at radius 2 is 2.00 bits per heavy atom. The molecule has 0 saturated heterocycles. The van der Waals surface area contributed by atoms with Gasteiger partial charge < -0.3 is 10.5 Å². The topological polar surface area (TPSA) is 52.3 Å². The van der Waals surface area contributed by atoms with Crippen LogP contribution in [0.4, 0.5) is 0 Å². The molecule has 0 aliphatic carbocycles. The zero-order valence-electron chi connectivity index (χ0n) is 8.49. The molecule has 0 spiro atoms. The molecule has 0 aromatic heterocycles. The van der Waals surface area contributed by atoms with Gasteiger partial charge in [0.2, 0.25) is 0 Å². The van der Waals surface area contributed by atoms with Crippen LogP contribution in [-0.2, 0) is 4.79 Å². The first-order chi connectivity index (χ1) is 6.63. The second kappa shape index (κ2) is 4.65. The number of benzene rings is 1. The lowest BCUT2D eigenvalue weighted by Gasteiger charge is -2.13. The van der Waals surface area contributed by atoms with Crippen molar-refractivity contribution >= 4 is 5.91 Å². The Morgan fingerprint density at radius 3 is 2.43 bits per heavy atom. The van der Waals surface area contributed by atoms with Gasteiger partial charge in [-0.05, 0) is 25.5 Å². The van der Waals surface area contributed by atoms with Crippen LogP contribution >= 0.6 is 0 Å². The Balaban J connectivity index is 2.67. The molecule has 2 N–H and O–H groups in total. The van der Waals surface area contributed by atoms with Crippen molar-refractivity contribution in [3.8, 4) is 5.75 Å². The van der Waals surface area contributed by atoms with Crippen LogP contribution < -0.4 is 10.5 Å². The van der Waals surface area contributed by atoms with Gasteiger partial charge >= 0.3 is 0 Å². The number of carbonyl (C=O) groups excluding carboxylic acids is 1. The highest BCUT2D eigenvalue weighted by molar-refractivity contribution is 5.79. The Hall–Kier alpha value is -1.51. The maximum Gasteiger partial charge on any atom is 0.258 e. The molecular formula is C11H15NO2. The van der Waals surface area contributed by atoms with Crippen LogP contribution in [0, 0.1) is 6.92 Å². The summed E-state index contributed by atoms with van der Waals surface area (Å²) in [5.74, 6) is 0.259. The van der Waals surface area contributed by atoms with Crippen LogP contribution in [0.3, 0.4) is 0 Å². The largest absolute Gasteiger partial charge is 0.481 e.